The highest BCUT2D eigenvalue weighted by Gasteiger charge is 2.31. The Morgan fingerprint density at radius 2 is 2.29 bits per heavy atom. The number of fused-ring (bicyclic) bond motifs is 1. The smallest absolute Gasteiger partial charge is 0.381 e. The van der Waals surface area contributed by atoms with Gasteiger partial charge in [0.05, 0.1) is 24.6 Å². The van der Waals surface area contributed by atoms with E-state index in [9.17, 15) is 4.57 Å². The predicted octanol–water partition coefficient (Wildman–Crippen LogP) is 0.0359. The molecule has 2 atom stereocenters. The van der Waals surface area contributed by atoms with E-state index in [1.54, 1.807) is 10.7 Å². The number of ether oxygens (including phenoxy) is 1. The van der Waals surface area contributed by atoms with Crippen LogP contribution in [-0.2, 0) is 13.8 Å². The molecule has 1 saturated heterocycles. The molecule has 0 saturated carbocycles. The molecule has 2 aromatic rings. The van der Waals surface area contributed by atoms with E-state index in [0.717, 1.165) is 5.69 Å². The zero-order valence-electron chi connectivity index (χ0n) is 10.9. The van der Waals surface area contributed by atoms with Crippen LogP contribution in [0.1, 0.15) is 24.6 Å². The quantitative estimate of drug-likeness (QED) is 0.665. The van der Waals surface area contributed by atoms with Gasteiger partial charge in [-0.3, -0.25) is 4.52 Å². The van der Waals surface area contributed by atoms with Crippen LogP contribution in [-0.4, -0.2) is 42.1 Å². The lowest BCUT2D eigenvalue weighted by Gasteiger charge is -2.13. The maximum absolute atomic E-state index is 10.7. The fourth-order valence-corrected chi connectivity index (χ4v) is 2.66. The molecule has 0 bridgehead atoms. The van der Waals surface area contributed by atoms with Crippen molar-refractivity contribution in [2.45, 2.75) is 25.0 Å². The summed E-state index contributed by atoms with van der Waals surface area (Å²) in [6, 6.07) is 0. The highest BCUT2D eigenvalue weighted by Crippen LogP contribution is 2.39. The second-order valence-electron chi connectivity index (χ2n) is 4.67. The van der Waals surface area contributed by atoms with E-state index in [4.69, 9.17) is 20.3 Å². The lowest BCUT2D eigenvalue weighted by Crippen LogP contribution is -2.14. The van der Waals surface area contributed by atoms with Crippen molar-refractivity contribution >= 4 is 19.3 Å². The minimum Gasteiger partial charge on any atom is -0.381 e. The molecule has 0 spiro atoms. The molecule has 1 aliphatic heterocycles. The Hall–Kier alpha value is -1.58. The fraction of sp³-hybridized carbons (Fsp3) is 0.500. The first-order valence-electron chi connectivity index (χ1n) is 6.24. The van der Waals surface area contributed by atoms with Crippen LogP contribution in [0.3, 0.4) is 0 Å². The maximum Gasteiger partial charge on any atom is 0.469 e. The Bertz CT molecular complexity index is 700. The van der Waals surface area contributed by atoms with Gasteiger partial charge in [0.25, 0.3) is 0 Å². The molecular formula is C10H14N5O5P. The predicted molar refractivity (Wildman–Crippen MR) is 70.0 cm³/mol. The Balaban J connectivity index is 1.73. The van der Waals surface area contributed by atoms with Crippen LogP contribution in [0.15, 0.2) is 12.5 Å². The molecule has 0 unspecified atom stereocenters. The molecule has 1 aliphatic rings. The number of imidazole rings is 1. The van der Waals surface area contributed by atoms with Crippen LogP contribution < -0.4 is 5.73 Å². The number of hydrogen-bond acceptors (Lipinski definition) is 7. The number of nitrogens with zero attached hydrogens (tertiary/aromatic N) is 4. The van der Waals surface area contributed by atoms with Crippen molar-refractivity contribution in [2.24, 2.45) is 0 Å². The molecule has 0 aromatic carbocycles. The van der Waals surface area contributed by atoms with Crippen molar-refractivity contribution in [2.75, 3.05) is 12.3 Å². The van der Waals surface area contributed by atoms with Gasteiger partial charge in [-0.2, -0.15) is 5.10 Å². The largest absolute Gasteiger partial charge is 0.469 e. The summed E-state index contributed by atoms with van der Waals surface area (Å²) >= 11 is 0. The van der Waals surface area contributed by atoms with Gasteiger partial charge in [-0.1, -0.05) is 0 Å². The van der Waals surface area contributed by atoms with Crippen LogP contribution in [0.25, 0.3) is 5.65 Å². The van der Waals surface area contributed by atoms with Crippen LogP contribution in [0.2, 0.25) is 0 Å². The van der Waals surface area contributed by atoms with Gasteiger partial charge < -0.3 is 20.3 Å². The summed E-state index contributed by atoms with van der Waals surface area (Å²) in [6.45, 7) is -0.158. The molecule has 21 heavy (non-hydrogen) atoms. The number of phosphoric acid groups is 1. The normalized spacial score (nSPS) is 23.0. The first-order chi connectivity index (χ1) is 9.94. The Morgan fingerprint density at radius 3 is 3.05 bits per heavy atom. The second kappa shape index (κ2) is 5.32. The summed E-state index contributed by atoms with van der Waals surface area (Å²) in [5.41, 5.74) is 6.88. The van der Waals surface area contributed by atoms with Crippen molar-refractivity contribution in [3.8, 4) is 0 Å². The molecule has 3 heterocycles. The fourth-order valence-electron chi connectivity index (χ4n) is 2.30. The van der Waals surface area contributed by atoms with E-state index < -0.39 is 7.82 Å². The van der Waals surface area contributed by atoms with E-state index in [0.29, 0.717) is 18.5 Å². The molecule has 0 aliphatic carbocycles. The number of anilines is 1. The molecule has 1 fully saturated rings. The first kappa shape index (κ1) is 14.4. The van der Waals surface area contributed by atoms with Crippen molar-refractivity contribution in [1.29, 1.82) is 0 Å². The molecule has 3 rings (SSSR count). The summed E-state index contributed by atoms with van der Waals surface area (Å²) in [7, 11) is -4.48. The van der Waals surface area contributed by atoms with Gasteiger partial charge in [-0.15, -0.1) is 0 Å². The lowest BCUT2D eigenvalue weighted by molar-refractivity contribution is 0.00779. The zero-order valence-corrected chi connectivity index (χ0v) is 11.8. The van der Waals surface area contributed by atoms with Crippen LogP contribution in [0.5, 0.6) is 0 Å². The number of nitrogen functional groups attached to an aromatic ring is 1. The van der Waals surface area contributed by atoms with Crippen LogP contribution >= 0.6 is 7.82 Å². The van der Waals surface area contributed by atoms with E-state index in [1.807, 2.05) is 0 Å². The summed E-state index contributed by atoms with van der Waals surface area (Å²) in [4.78, 5) is 25.4. The Kier molecular flexibility index (Phi) is 3.64. The Morgan fingerprint density at radius 1 is 1.48 bits per heavy atom. The number of rotatable bonds is 4. The highest BCUT2D eigenvalue weighted by molar-refractivity contribution is 7.46. The average molecular weight is 315 g/mol. The lowest BCUT2D eigenvalue weighted by atomic mass is 10.1. The zero-order chi connectivity index (χ0) is 15.0. The summed E-state index contributed by atoms with van der Waals surface area (Å²) in [5, 5.41) is 4.08. The number of aromatic nitrogens is 4. The van der Waals surface area contributed by atoms with Gasteiger partial charge >= 0.3 is 7.82 Å². The van der Waals surface area contributed by atoms with Gasteiger partial charge in [0, 0.05) is 0 Å². The minimum absolute atomic E-state index is 0.158. The third kappa shape index (κ3) is 3.04. The molecule has 0 amide bonds. The van der Waals surface area contributed by atoms with Gasteiger partial charge in [0.1, 0.15) is 12.4 Å². The van der Waals surface area contributed by atoms with E-state index in [1.165, 1.54) is 6.33 Å². The van der Waals surface area contributed by atoms with Gasteiger partial charge in [-0.25, -0.2) is 19.0 Å². The number of hydrogen-bond donors (Lipinski definition) is 3. The minimum atomic E-state index is -4.48. The van der Waals surface area contributed by atoms with E-state index in [2.05, 4.69) is 19.6 Å². The molecule has 2 aromatic heterocycles. The maximum atomic E-state index is 10.7. The second-order valence-corrected chi connectivity index (χ2v) is 5.91. The van der Waals surface area contributed by atoms with E-state index in [-0.39, 0.29) is 24.6 Å². The molecule has 0 radical (unpaired) electrons. The SMILES string of the molecule is Nc1ncnn2c([C@H]3CC[C@@H](COP(=O)(O)O)O3)cnc12. The third-order valence-electron chi connectivity index (χ3n) is 3.22. The van der Waals surface area contributed by atoms with Crippen molar-refractivity contribution in [3.05, 3.63) is 18.2 Å². The molecule has 114 valence electrons. The number of phosphoric ester groups is 1. The third-order valence-corrected chi connectivity index (χ3v) is 3.71. The molecular weight excluding hydrogens is 301 g/mol. The molecule has 4 N–H and O–H groups in total. The summed E-state index contributed by atoms with van der Waals surface area (Å²) < 4.78 is 22.4. The highest BCUT2D eigenvalue weighted by atomic mass is 31.2. The summed E-state index contributed by atoms with van der Waals surface area (Å²) in [5.74, 6) is 0.274. The monoisotopic (exact) mass is 315 g/mol. The summed E-state index contributed by atoms with van der Waals surface area (Å²) in [6.07, 6.45) is 3.58. The van der Waals surface area contributed by atoms with Crippen molar-refractivity contribution < 1.29 is 23.6 Å². The van der Waals surface area contributed by atoms with E-state index >= 15 is 0 Å². The first-order valence-corrected chi connectivity index (χ1v) is 7.77. The average Bonchev–Trinajstić information content (AvgIpc) is 3.02. The van der Waals surface area contributed by atoms with Gasteiger partial charge in [0.15, 0.2) is 11.5 Å². The van der Waals surface area contributed by atoms with Crippen molar-refractivity contribution in [3.63, 3.8) is 0 Å². The topological polar surface area (TPSA) is 145 Å². The number of nitrogens with two attached hydrogens (primary N) is 1. The van der Waals surface area contributed by atoms with Crippen LogP contribution in [0, 0.1) is 0 Å². The van der Waals surface area contributed by atoms with Gasteiger partial charge in [-0.05, 0) is 12.8 Å². The van der Waals surface area contributed by atoms with Crippen molar-refractivity contribution in [1.82, 2.24) is 19.6 Å². The Labute approximate surface area is 119 Å². The van der Waals surface area contributed by atoms with Crippen LogP contribution in [0.4, 0.5) is 5.82 Å². The van der Waals surface area contributed by atoms with Gasteiger partial charge in [0.2, 0.25) is 0 Å². The standard InChI is InChI=1S/C10H14N5O5P/c11-9-10-12-3-7(15(10)14-5-13-9)8-2-1-6(20-8)4-19-21(16,17)18/h3,5-6,8H,1-2,4H2,(H2,11,13,14)(H2,16,17,18)/t6-,8+/m0/s1. The molecule has 11 heteroatoms. The molecule has 10 nitrogen and oxygen atoms in total.